The quantitative estimate of drug-likeness (QED) is 0.746. The van der Waals surface area contributed by atoms with Gasteiger partial charge in [0.1, 0.15) is 0 Å². The van der Waals surface area contributed by atoms with Crippen LogP contribution in [0.3, 0.4) is 0 Å². The monoisotopic (exact) mass is 209 g/mol. The molecule has 1 heterocycles. The molecule has 1 aromatic heterocycles. The lowest BCUT2D eigenvalue weighted by atomic mass is 10.6. The summed E-state index contributed by atoms with van der Waals surface area (Å²) in [5.74, 6) is -1.10. The van der Waals surface area contributed by atoms with E-state index in [1.807, 2.05) is 0 Å². The highest BCUT2D eigenvalue weighted by Crippen LogP contribution is 2.26. The number of anilines is 1. The van der Waals surface area contributed by atoms with Gasteiger partial charge in [0.15, 0.2) is 0 Å². The maximum absolute atomic E-state index is 12.1. The first kappa shape index (κ1) is 10.8. The third-order valence-corrected chi connectivity index (χ3v) is 1.44. The van der Waals surface area contributed by atoms with Crippen molar-refractivity contribution in [2.24, 2.45) is 12.8 Å². The summed E-state index contributed by atoms with van der Waals surface area (Å²) in [4.78, 5) is 3.28. The Morgan fingerprint density at radius 2 is 2.14 bits per heavy atom. The van der Waals surface area contributed by atoms with E-state index in [0.29, 0.717) is 13.1 Å². The molecule has 0 saturated carbocycles. The third kappa shape index (κ3) is 2.34. The Labute approximate surface area is 78.1 Å². The summed E-state index contributed by atoms with van der Waals surface area (Å²) in [7, 11) is 1.38. The number of hydrogen-bond acceptors (Lipinski definition) is 4. The molecule has 0 spiro atoms. The minimum absolute atomic E-state index is 0.0581. The Balaban J connectivity index is 2.82. The SMILES string of the molecule is Cn1nc(C(F)(F)F)nc1NCCN. The molecule has 1 aromatic rings. The highest BCUT2D eigenvalue weighted by Gasteiger charge is 2.36. The Hall–Kier alpha value is -1.31. The molecule has 8 heteroatoms. The lowest BCUT2D eigenvalue weighted by molar-refractivity contribution is -0.144. The van der Waals surface area contributed by atoms with E-state index in [1.54, 1.807) is 0 Å². The van der Waals surface area contributed by atoms with Crippen molar-refractivity contribution >= 4 is 5.95 Å². The summed E-state index contributed by atoms with van der Waals surface area (Å²) in [5.41, 5.74) is 5.18. The van der Waals surface area contributed by atoms with Gasteiger partial charge in [-0.1, -0.05) is 0 Å². The van der Waals surface area contributed by atoms with Crippen LogP contribution in [-0.2, 0) is 13.2 Å². The van der Waals surface area contributed by atoms with Gasteiger partial charge in [-0.25, -0.2) is 4.68 Å². The van der Waals surface area contributed by atoms with Crippen molar-refractivity contribution in [2.75, 3.05) is 18.4 Å². The van der Waals surface area contributed by atoms with Crippen molar-refractivity contribution < 1.29 is 13.2 Å². The zero-order chi connectivity index (χ0) is 10.8. The largest absolute Gasteiger partial charge is 0.453 e. The first-order valence-electron chi connectivity index (χ1n) is 3.87. The van der Waals surface area contributed by atoms with Crippen molar-refractivity contribution in [1.82, 2.24) is 14.8 Å². The van der Waals surface area contributed by atoms with Gasteiger partial charge in [0.2, 0.25) is 5.95 Å². The Kier molecular flexibility index (Phi) is 2.94. The Bertz CT molecular complexity index is 305. The summed E-state index contributed by atoms with van der Waals surface area (Å²) in [6.45, 7) is 0.665. The predicted octanol–water partition coefficient (Wildman–Crippen LogP) is 0.205. The molecule has 0 bridgehead atoms. The van der Waals surface area contributed by atoms with Gasteiger partial charge in [0, 0.05) is 20.1 Å². The average Bonchev–Trinajstić information content (AvgIpc) is 2.43. The molecule has 0 aliphatic heterocycles. The second-order valence-electron chi connectivity index (χ2n) is 2.60. The number of aromatic nitrogens is 3. The van der Waals surface area contributed by atoms with E-state index in [9.17, 15) is 13.2 Å². The molecule has 14 heavy (non-hydrogen) atoms. The van der Waals surface area contributed by atoms with Crippen molar-refractivity contribution in [3.63, 3.8) is 0 Å². The van der Waals surface area contributed by atoms with Crippen LogP contribution in [0.1, 0.15) is 5.82 Å². The number of halogens is 3. The van der Waals surface area contributed by atoms with Gasteiger partial charge < -0.3 is 11.1 Å². The van der Waals surface area contributed by atoms with Gasteiger partial charge in [-0.3, -0.25) is 0 Å². The molecule has 0 radical (unpaired) electrons. The van der Waals surface area contributed by atoms with Crippen LogP contribution in [-0.4, -0.2) is 27.9 Å². The summed E-state index contributed by atoms with van der Waals surface area (Å²) >= 11 is 0. The number of hydrogen-bond donors (Lipinski definition) is 2. The van der Waals surface area contributed by atoms with Gasteiger partial charge >= 0.3 is 6.18 Å². The molecular formula is C6H10F3N5. The molecular weight excluding hydrogens is 199 g/mol. The average molecular weight is 209 g/mol. The number of nitrogens with two attached hydrogens (primary N) is 1. The maximum atomic E-state index is 12.1. The molecule has 0 aliphatic rings. The van der Waals surface area contributed by atoms with Crippen LogP contribution in [0, 0.1) is 0 Å². The summed E-state index contributed by atoms with van der Waals surface area (Å²) in [5, 5.41) is 5.83. The first-order valence-corrected chi connectivity index (χ1v) is 3.87. The van der Waals surface area contributed by atoms with Crippen molar-refractivity contribution in [3.05, 3.63) is 5.82 Å². The molecule has 1 rings (SSSR count). The Morgan fingerprint density at radius 1 is 1.50 bits per heavy atom. The molecule has 0 fully saturated rings. The second kappa shape index (κ2) is 3.82. The molecule has 0 unspecified atom stereocenters. The molecule has 80 valence electrons. The number of alkyl halides is 3. The zero-order valence-electron chi connectivity index (χ0n) is 7.47. The fourth-order valence-corrected chi connectivity index (χ4v) is 0.842. The van der Waals surface area contributed by atoms with Crippen LogP contribution in [0.15, 0.2) is 0 Å². The highest BCUT2D eigenvalue weighted by atomic mass is 19.4. The lowest BCUT2D eigenvalue weighted by Crippen LogP contribution is -2.15. The van der Waals surface area contributed by atoms with E-state index >= 15 is 0 Å². The third-order valence-electron chi connectivity index (χ3n) is 1.44. The van der Waals surface area contributed by atoms with E-state index in [0.717, 1.165) is 4.68 Å². The van der Waals surface area contributed by atoms with Crippen molar-refractivity contribution in [1.29, 1.82) is 0 Å². The molecule has 0 aliphatic carbocycles. The summed E-state index contributed by atoms with van der Waals surface area (Å²) in [6.07, 6.45) is -4.51. The van der Waals surface area contributed by atoms with Crippen LogP contribution >= 0.6 is 0 Å². The lowest BCUT2D eigenvalue weighted by Gasteiger charge is -2.00. The fourth-order valence-electron chi connectivity index (χ4n) is 0.842. The number of nitrogens with one attached hydrogen (secondary N) is 1. The first-order chi connectivity index (χ1) is 6.45. The number of nitrogens with zero attached hydrogens (tertiary/aromatic N) is 3. The van der Waals surface area contributed by atoms with Gasteiger partial charge in [-0.15, -0.1) is 5.10 Å². The number of rotatable bonds is 3. The number of aryl methyl sites for hydroxylation is 1. The van der Waals surface area contributed by atoms with Gasteiger partial charge in [0.05, 0.1) is 0 Å². The molecule has 0 saturated heterocycles. The topological polar surface area (TPSA) is 68.8 Å². The normalized spacial score (nSPS) is 11.8. The minimum Gasteiger partial charge on any atom is -0.353 e. The smallest absolute Gasteiger partial charge is 0.353 e. The van der Waals surface area contributed by atoms with Gasteiger partial charge in [-0.2, -0.15) is 18.2 Å². The summed E-state index contributed by atoms with van der Waals surface area (Å²) < 4.78 is 37.4. The van der Waals surface area contributed by atoms with Crippen LogP contribution in [0.4, 0.5) is 19.1 Å². The van der Waals surface area contributed by atoms with Gasteiger partial charge in [-0.05, 0) is 0 Å². The van der Waals surface area contributed by atoms with Gasteiger partial charge in [0.25, 0.3) is 5.82 Å². The predicted molar refractivity (Wildman–Crippen MR) is 43.5 cm³/mol. The summed E-state index contributed by atoms with van der Waals surface area (Å²) in [6, 6.07) is 0. The van der Waals surface area contributed by atoms with Crippen LogP contribution < -0.4 is 11.1 Å². The van der Waals surface area contributed by atoms with Crippen molar-refractivity contribution in [3.8, 4) is 0 Å². The van der Waals surface area contributed by atoms with E-state index in [2.05, 4.69) is 15.4 Å². The van der Waals surface area contributed by atoms with E-state index in [4.69, 9.17) is 5.73 Å². The van der Waals surface area contributed by atoms with Crippen LogP contribution in [0.2, 0.25) is 0 Å². The molecule has 5 nitrogen and oxygen atoms in total. The van der Waals surface area contributed by atoms with Crippen LogP contribution in [0.5, 0.6) is 0 Å². The standard InChI is InChI=1S/C6H10F3N5/c1-14-5(11-3-2-10)12-4(13-14)6(7,8)9/h2-3,10H2,1H3,(H,11,12,13). The van der Waals surface area contributed by atoms with E-state index in [-0.39, 0.29) is 5.95 Å². The minimum atomic E-state index is -4.51. The van der Waals surface area contributed by atoms with Crippen LogP contribution in [0.25, 0.3) is 0 Å². The van der Waals surface area contributed by atoms with E-state index < -0.39 is 12.0 Å². The maximum Gasteiger partial charge on any atom is 0.453 e. The molecule has 0 amide bonds. The second-order valence-corrected chi connectivity index (χ2v) is 2.60. The molecule has 3 N–H and O–H groups in total. The molecule has 0 atom stereocenters. The molecule has 0 aromatic carbocycles. The Morgan fingerprint density at radius 3 is 2.57 bits per heavy atom. The zero-order valence-corrected chi connectivity index (χ0v) is 7.47. The van der Waals surface area contributed by atoms with E-state index in [1.165, 1.54) is 7.05 Å². The fraction of sp³-hybridized carbons (Fsp3) is 0.667. The highest BCUT2D eigenvalue weighted by molar-refractivity contribution is 5.25. The van der Waals surface area contributed by atoms with Crippen molar-refractivity contribution in [2.45, 2.75) is 6.18 Å².